The molecule has 0 atom stereocenters. The minimum Gasteiger partial charge on any atom is -0.236 e. The van der Waals surface area contributed by atoms with Crippen molar-refractivity contribution in [2.75, 3.05) is 0 Å². The van der Waals surface area contributed by atoms with E-state index in [4.69, 9.17) is 0 Å². The van der Waals surface area contributed by atoms with Crippen LogP contribution < -0.4 is 0 Å². The zero-order chi connectivity index (χ0) is 16.9. The summed E-state index contributed by atoms with van der Waals surface area (Å²) in [6.45, 7) is 2.18. The molecule has 1 heterocycles. The highest BCUT2D eigenvalue weighted by Crippen LogP contribution is 2.22. The number of aromatic nitrogens is 2. The molecule has 0 unspecified atom stereocenters. The first-order valence-corrected chi connectivity index (χ1v) is 8.04. The molecule has 0 fully saturated rings. The number of aryl methyl sites for hydroxylation is 1. The lowest BCUT2D eigenvalue weighted by Gasteiger charge is -2.05. The molecule has 0 N–H and O–H groups in total. The van der Waals surface area contributed by atoms with Gasteiger partial charge in [0, 0.05) is 23.5 Å². The van der Waals surface area contributed by atoms with Crippen LogP contribution in [0.2, 0.25) is 0 Å². The van der Waals surface area contributed by atoms with Gasteiger partial charge in [0.15, 0.2) is 17.5 Å². The van der Waals surface area contributed by atoms with Crippen LogP contribution >= 0.6 is 0 Å². The minimum absolute atomic E-state index is 0.372. The molecule has 0 amide bonds. The van der Waals surface area contributed by atoms with Crippen LogP contribution in [0.4, 0.5) is 8.78 Å². The van der Waals surface area contributed by atoms with E-state index >= 15 is 0 Å². The molecule has 1 aromatic heterocycles. The fraction of sp³-hybridized carbons (Fsp3) is 0.200. The third kappa shape index (κ3) is 3.65. The standard InChI is InChI=1S/C20H18F2N2/c1-2-3-4-14-5-7-15(8-6-14)17-12-23-20(24-13-17)16-9-10-18(21)19(22)11-16/h5-13H,2-4H2,1H3. The second-order valence-electron chi connectivity index (χ2n) is 5.72. The van der Waals surface area contributed by atoms with Gasteiger partial charge >= 0.3 is 0 Å². The van der Waals surface area contributed by atoms with Crippen molar-refractivity contribution in [3.05, 3.63) is 72.1 Å². The summed E-state index contributed by atoms with van der Waals surface area (Å²) in [4.78, 5) is 8.54. The molecule has 0 saturated heterocycles. The number of hydrogen-bond acceptors (Lipinski definition) is 2. The van der Waals surface area contributed by atoms with Crippen LogP contribution in [0.25, 0.3) is 22.5 Å². The molecule has 0 aliphatic carbocycles. The molecule has 0 radical (unpaired) electrons. The summed E-state index contributed by atoms with van der Waals surface area (Å²) in [6, 6.07) is 12.0. The fourth-order valence-electron chi connectivity index (χ4n) is 2.51. The Balaban J connectivity index is 1.80. The Labute approximate surface area is 140 Å². The molecule has 3 rings (SSSR count). The van der Waals surface area contributed by atoms with Crippen molar-refractivity contribution in [2.24, 2.45) is 0 Å². The van der Waals surface area contributed by atoms with Crippen molar-refractivity contribution in [3.63, 3.8) is 0 Å². The molecule has 2 nitrogen and oxygen atoms in total. The normalized spacial score (nSPS) is 10.8. The summed E-state index contributed by atoms with van der Waals surface area (Å²) in [5.41, 5.74) is 3.70. The number of benzene rings is 2. The van der Waals surface area contributed by atoms with E-state index in [9.17, 15) is 8.78 Å². The van der Waals surface area contributed by atoms with E-state index in [1.54, 1.807) is 12.4 Å². The highest BCUT2D eigenvalue weighted by molar-refractivity contribution is 5.64. The maximum absolute atomic E-state index is 13.3. The van der Waals surface area contributed by atoms with E-state index in [1.165, 1.54) is 24.5 Å². The highest BCUT2D eigenvalue weighted by atomic mass is 19.2. The monoisotopic (exact) mass is 324 g/mol. The summed E-state index contributed by atoms with van der Waals surface area (Å²) in [5.74, 6) is -1.40. The third-order valence-corrected chi connectivity index (χ3v) is 3.94. The molecular formula is C20H18F2N2. The fourth-order valence-corrected chi connectivity index (χ4v) is 2.51. The third-order valence-electron chi connectivity index (χ3n) is 3.94. The SMILES string of the molecule is CCCCc1ccc(-c2cnc(-c3ccc(F)c(F)c3)nc2)cc1. The van der Waals surface area contributed by atoms with Crippen LogP contribution in [0.15, 0.2) is 54.9 Å². The van der Waals surface area contributed by atoms with Crippen molar-refractivity contribution < 1.29 is 8.78 Å². The number of unbranched alkanes of at least 4 members (excludes halogenated alkanes) is 1. The summed E-state index contributed by atoms with van der Waals surface area (Å²) < 4.78 is 26.3. The van der Waals surface area contributed by atoms with Gasteiger partial charge in [0.25, 0.3) is 0 Å². The van der Waals surface area contributed by atoms with Gasteiger partial charge in [0.2, 0.25) is 0 Å². The lowest BCUT2D eigenvalue weighted by atomic mass is 10.0. The number of nitrogens with zero attached hydrogens (tertiary/aromatic N) is 2. The van der Waals surface area contributed by atoms with E-state index in [1.807, 2.05) is 0 Å². The maximum Gasteiger partial charge on any atom is 0.159 e. The smallest absolute Gasteiger partial charge is 0.159 e. The average molecular weight is 324 g/mol. The number of halogens is 2. The van der Waals surface area contributed by atoms with Gasteiger partial charge in [0.05, 0.1) is 0 Å². The molecule has 0 aliphatic rings. The van der Waals surface area contributed by atoms with Gasteiger partial charge in [-0.2, -0.15) is 0 Å². The second kappa shape index (κ2) is 7.30. The number of rotatable bonds is 5. The highest BCUT2D eigenvalue weighted by Gasteiger charge is 2.07. The first kappa shape index (κ1) is 16.2. The second-order valence-corrected chi connectivity index (χ2v) is 5.72. The van der Waals surface area contributed by atoms with Gasteiger partial charge in [-0.3, -0.25) is 0 Å². The van der Waals surface area contributed by atoms with Crippen LogP contribution in [0.5, 0.6) is 0 Å². The Hall–Kier alpha value is -2.62. The summed E-state index contributed by atoms with van der Waals surface area (Å²) in [7, 11) is 0. The Bertz CT molecular complexity index is 812. The van der Waals surface area contributed by atoms with E-state index < -0.39 is 11.6 Å². The molecule has 122 valence electrons. The minimum atomic E-state index is -0.900. The zero-order valence-electron chi connectivity index (χ0n) is 13.5. The molecule has 2 aromatic carbocycles. The lowest BCUT2D eigenvalue weighted by Crippen LogP contribution is -1.92. The summed E-state index contributed by atoms with van der Waals surface area (Å²) in [6.07, 6.45) is 6.85. The van der Waals surface area contributed by atoms with E-state index in [0.29, 0.717) is 11.4 Å². The number of hydrogen-bond donors (Lipinski definition) is 0. The largest absolute Gasteiger partial charge is 0.236 e. The van der Waals surface area contributed by atoms with Crippen LogP contribution in [-0.4, -0.2) is 9.97 Å². The molecule has 0 aliphatic heterocycles. The predicted molar refractivity (Wildman–Crippen MR) is 91.4 cm³/mol. The van der Waals surface area contributed by atoms with Crippen LogP contribution in [0, 0.1) is 11.6 Å². The predicted octanol–water partition coefficient (Wildman–Crippen LogP) is 5.43. The van der Waals surface area contributed by atoms with Gasteiger partial charge in [0.1, 0.15) is 0 Å². The van der Waals surface area contributed by atoms with Crippen LogP contribution in [0.3, 0.4) is 0 Å². The summed E-state index contributed by atoms with van der Waals surface area (Å²) in [5, 5.41) is 0. The van der Waals surface area contributed by atoms with Crippen molar-refractivity contribution in [1.82, 2.24) is 9.97 Å². The van der Waals surface area contributed by atoms with Crippen molar-refractivity contribution in [1.29, 1.82) is 0 Å². The van der Waals surface area contributed by atoms with Gasteiger partial charge in [-0.1, -0.05) is 37.6 Å². The molecule has 4 heteroatoms. The van der Waals surface area contributed by atoms with Gasteiger partial charge in [-0.25, -0.2) is 18.7 Å². The van der Waals surface area contributed by atoms with E-state index in [0.717, 1.165) is 29.7 Å². The molecular weight excluding hydrogens is 306 g/mol. The topological polar surface area (TPSA) is 25.8 Å². The Kier molecular flexibility index (Phi) is 4.94. The molecule has 3 aromatic rings. The first-order valence-electron chi connectivity index (χ1n) is 8.04. The van der Waals surface area contributed by atoms with Gasteiger partial charge in [-0.15, -0.1) is 0 Å². The molecule has 0 saturated carbocycles. The van der Waals surface area contributed by atoms with Gasteiger partial charge < -0.3 is 0 Å². The Morgan fingerprint density at radius 2 is 1.46 bits per heavy atom. The van der Waals surface area contributed by atoms with Gasteiger partial charge in [-0.05, 0) is 42.2 Å². The molecule has 0 bridgehead atoms. The van der Waals surface area contributed by atoms with E-state index in [-0.39, 0.29) is 0 Å². The van der Waals surface area contributed by atoms with E-state index in [2.05, 4.69) is 41.2 Å². The summed E-state index contributed by atoms with van der Waals surface area (Å²) >= 11 is 0. The average Bonchev–Trinajstić information content (AvgIpc) is 2.63. The Morgan fingerprint density at radius 3 is 2.08 bits per heavy atom. The maximum atomic E-state index is 13.3. The quantitative estimate of drug-likeness (QED) is 0.625. The van der Waals surface area contributed by atoms with Crippen LogP contribution in [0.1, 0.15) is 25.3 Å². The van der Waals surface area contributed by atoms with Crippen LogP contribution in [-0.2, 0) is 6.42 Å². The van der Waals surface area contributed by atoms with Crippen molar-refractivity contribution >= 4 is 0 Å². The lowest BCUT2D eigenvalue weighted by molar-refractivity contribution is 0.509. The first-order chi connectivity index (χ1) is 11.7. The molecule has 0 spiro atoms. The zero-order valence-corrected chi connectivity index (χ0v) is 13.5. The Morgan fingerprint density at radius 1 is 0.792 bits per heavy atom. The van der Waals surface area contributed by atoms with Crippen molar-refractivity contribution in [3.8, 4) is 22.5 Å². The van der Waals surface area contributed by atoms with Crippen molar-refractivity contribution in [2.45, 2.75) is 26.2 Å². The molecule has 24 heavy (non-hydrogen) atoms.